The first-order chi connectivity index (χ1) is 9.83. The highest BCUT2D eigenvalue weighted by Gasteiger charge is 2.33. The minimum atomic E-state index is -1.19. The lowest BCUT2D eigenvalue weighted by atomic mass is 9.90. The number of nitrogens with two attached hydrogens (primary N) is 1. The molecule has 3 N–H and O–H groups in total. The van der Waals surface area contributed by atoms with Gasteiger partial charge in [-0.05, 0) is 49.2 Å². The molecule has 2 rings (SSSR count). The second-order valence-electron chi connectivity index (χ2n) is 5.11. The van der Waals surface area contributed by atoms with Crippen LogP contribution in [0.3, 0.4) is 0 Å². The van der Waals surface area contributed by atoms with Crippen LogP contribution in [0.15, 0.2) is 42.5 Å². The van der Waals surface area contributed by atoms with E-state index in [0.29, 0.717) is 5.56 Å². The van der Waals surface area contributed by atoms with E-state index in [0.717, 1.165) is 11.3 Å². The van der Waals surface area contributed by atoms with E-state index in [1.807, 2.05) is 31.2 Å². The van der Waals surface area contributed by atoms with E-state index < -0.39 is 17.3 Å². The molecule has 2 aromatic rings. The average Bonchev–Trinajstić information content (AvgIpc) is 2.41. The molecule has 0 saturated carbocycles. The molecule has 1 unspecified atom stereocenters. The number of hydrogen-bond acceptors (Lipinski definition) is 2. The lowest BCUT2D eigenvalue weighted by molar-refractivity contribution is -0.122. The molecule has 0 fully saturated rings. The molecule has 5 heteroatoms. The van der Waals surface area contributed by atoms with E-state index >= 15 is 0 Å². The molecule has 21 heavy (non-hydrogen) atoms. The average molecular weight is 307 g/mol. The van der Waals surface area contributed by atoms with E-state index in [-0.39, 0.29) is 5.02 Å². The van der Waals surface area contributed by atoms with Crippen LogP contribution in [0.1, 0.15) is 18.1 Å². The molecule has 1 atom stereocenters. The summed E-state index contributed by atoms with van der Waals surface area (Å²) in [6, 6.07) is 11.7. The van der Waals surface area contributed by atoms with Gasteiger partial charge in [0.25, 0.3) is 0 Å². The number of amides is 1. The molecule has 0 spiro atoms. The van der Waals surface area contributed by atoms with E-state index in [4.69, 9.17) is 17.3 Å². The van der Waals surface area contributed by atoms with Crippen LogP contribution in [-0.4, -0.2) is 5.91 Å². The molecule has 0 aliphatic carbocycles. The number of carbonyl (C=O) groups is 1. The third-order valence-electron chi connectivity index (χ3n) is 3.40. The van der Waals surface area contributed by atoms with Crippen molar-refractivity contribution in [3.05, 3.63) is 64.4 Å². The number of anilines is 1. The largest absolute Gasteiger partial charge is 0.368 e. The van der Waals surface area contributed by atoms with Crippen molar-refractivity contribution in [2.24, 2.45) is 5.73 Å². The van der Waals surface area contributed by atoms with E-state index in [1.165, 1.54) is 18.2 Å². The fourth-order valence-corrected chi connectivity index (χ4v) is 2.28. The van der Waals surface area contributed by atoms with Crippen molar-refractivity contribution >= 4 is 23.2 Å². The Morgan fingerprint density at radius 1 is 1.29 bits per heavy atom. The van der Waals surface area contributed by atoms with Gasteiger partial charge in [-0.25, -0.2) is 4.39 Å². The summed E-state index contributed by atoms with van der Waals surface area (Å²) in [7, 11) is 0. The fourth-order valence-electron chi connectivity index (χ4n) is 2.09. The molecule has 1 amide bonds. The summed E-state index contributed by atoms with van der Waals surface area (Å²) in [5, 5.41) is 3.05. The topological polar surface area (TPSA) is 55.1 Å². The first-order valence-corrected chi connectivity index (χ1v) is 6.81. The highest BCUT2D eigenvalue weighted by atomic mass is 35.5. The van der Waals surface area contributed by atoms with Gasteiger partial charge in [0.2, 0.25) is 5.91 Å². The zero-order valence-electron chi connectivity index (χ0n) is 11.8. The maximum atomic E-state index is 13.3. The first kappa shape index (κ1) is 15.3. The van der Waals surface area contributed by atoms with Crippen molar-refractivity contribution in [3.8, 4) is 0 Å². The molecule has 0 aromatic heterocycles. The molecular formula is C16H16ClFN2O. The standard InChI is InChI=1S/C16H16ClFN2O/c1-10-4-3-5-12(8-10)20-16(2,15(19)21)11-6-7-14(18)13(17)9-11/h3-9,20H,1-2H3,(H2,19,21). The van der Waals surface area contributed by atoms with Gasteiger partial charge in [0.05, 0.1) is 5.02 Å². The number of halogens is 2. The predicted octanol–water partition coefficient (Wildman–Crippen LogP) is 3.60. The Kier molecular flexibility index (Phi) is 4.19. The molecule has 0 aliphatic heterocycles. The maximum absolute atomic E-state index is 13.3. The highest BCUT2D eigenvalue weighted by molar-refractivity contribution is 6.30. The Labute approximate surface area is 127 Å². The Hall–Kier alpha value is -2.07. The van der Waals surface area contributed by atoms with Crippen molar-refractivity contribution in [1.29, 1.82) is 0 Å². The predicted molar refractivity (Wildman–Crippen MR) is 82.8 cm³/mol. The van der Waals surface area contributed by atoms with Crippen molar-refractivity contribution in [3.63, 3.8) is 0 Å². The summed E-state index contributed by atoms with van der Waals surface area (Å²) in [6.07, 6.45) is 0. The van der Waals surface area contributed by atoms with Crippen LogP contribution in [0.25, 0.3) is 0 Å². The van der Waals surface area contributed by atoms with E-state index in [1.54, 1.807) is 6.92 Å². The first-order valence-electron chi connectivity index (χ1n) is 6.43. The third-order valence-corrected chi connectivity index (χ3v) is 3.69. The van der Waals surface area contributed by atoms with Gasteiger partial charge in [0.15, 0.2) is 0 Å². The van der Waals surface area contributed by atoms with E-state index in [9.17, 15) is 9.18 Å². The van der Waals surface area contributed by atoms with Crippen LogP contribution in [0, 0.1) is 12.7 Å². The summed E-state index contributed by atoms with van der Waals surface area (Å²) < 4.78 is 13.3. The second kappa shape index (κ2) is 5.74. The number of benzene rings is 2. The fraction of sp³-hybridized carbons (Fsp3) is 0.188. The van der Waals surface area contributed by atoms with Crippen molar-refractivity contribution in [2.75, 3.05) is 5.32 Å². The normalized spacial score (nSPS) is 13.5. The number of rotatable bonds is 4. The zero-order valence-corrected chi connectivity index (χ0v) is 12.5. The number of nitrogens with one attached hydrogen (secondary N) is 1. The summed E-state index contributed by atoms with van der Waals surface area (Å²) in [4.78, 5) is 11.9. The Morgan fingerprint density at radius 2 is 2.00 bits per heavy atom. The van der Waals surface area contributed by atoms with Crippen molar-refractivity contribution in [2.45, 2.75) is 19.4 Å². The SMILES string of the molecule is Cc1cccc(NC(C)(C(N)=O)c2ccc(F)c(Cl)c2)c1. The number of primary amides is 1. The third kappa shape index (κ3) is 3.16. The summed E-state index contributed by atoms with van der Waals surface area (Å²) >= 11 is 5.80. The number of hydrogen-bond donors (Lipinski definition) is 2. The van der Waals surface area contributed by atoms with Crippen molar-refractivity contribution in [1.82, 2.24) is 0 Å². The van der Waals surface area contributed by atoms with Gasteiger partial charge < -0.3 is 11.1 Å². The molecule has 3 nitrogen and oxygen atoms in total. The van der Waals surface area contributed by atoms with Gasteiger partial charge in [-0.1, -0.05) is 29.8 Å². The minimum Gasteiger partial charge on any atom is -0.368 e. The van der Waals surface area contributed by atoms with Gasteiger partial charge in [-0.2, -0.15) is 0 Å². The second-order valence-corrected chi connectivity index (χ2v) is 5.52. The van der Waals surface area contributed by atoms with Crippen LogP contribution in [0.2, 0.25) is 5.02 Å². The summed E-state index contributed by atoms with van der Waals surface area (Å²) in [5.41, 5.74) is 6.64. The molecule has 0 saturated heterocycles. The number of aryl methyl sites for hydroxylation is 1. The van der Waals surface area contributed by atoms with Crippen LogP contribution in [0.4, 0.5) is 10.1 Å². The number of carbonyl (C=O) groups excluding carboxylic acids is 1. The van der Waals surface area contributed by atoms with Crippen LogP contribution in [-0.2, 0) is 10.3 Å². The Bertz CT molecular complexity index is 690. The maximum Gasteiger partial charge on any atom is 0.247 e. The van der Waals surface area contributed by atoms with E-state index in [2.05, 4.69) is 5.32 Å². The zero-order chi connectivity index (χ0) is 15.6. The Morgan fingerprint density at radius 3 is 2.57 bits per heavy atom. The monoisotopic (exact) mass is 306 g/mol. The molecule has 0 aliphatic rings. The smallest absolute Gasteiger partial charge is 0.247 e. The van der Waals surface area contributed by atoms with Crippen molar-refractivity contribution < 1.29 is 9.18 Å². The van der Waals surface area contributed by atoms with Gasteiger partial charge >= 0.3 is 0 Å². The molecule has 0 heterocycles. The van der Waals surface area contributed by atoms with Gasteiger partial charge in [-0.15, -0.1) is 0 Å². The van der Waals surface area contributed by atoms with Gasteiger partial charge in [0.1, 0.15) is 11.4 Å². The summed E-state index contributed by atoms with van der Waals surface area (Å²) in [6.45, 7) is 3.59. The molecule has 110 valence electrons. The quantitative estimate of drug-likeness (QED) is 0.907. The lowest BCUT2D eigenvalue weighted by Crippen LogP contribution is -2.45. The van der Waals surface area contributed by atoms with Gasteiger partial charge in [0, 0.05) is 5.69 Å². The van der Waals surface area contributed by atoms with Gasteiger partial charge in [-0.3, -0.25) is 4.79 Å². The molecule has 2 aromatic carbocycles. The molecule has 0 bridgehead atoms. The highest BCUT2D eigenvalue weighted by Crippen LogP contribution is 2.29. The molecule has 0 radical (unpaired) electrons. The van der Waals surface area contributed by atoms with Crippen LogP contribution in [0.5, 0.6) is 0 Å². The summed E-state index contributed by atoms with van der Waals surface area (Å²) in [5.74, 6) is -1.12. The lowest BCUT2D eigenvalue weighted by Gasteiger charge is -2.29. The van der Waals surface area contributed by atoms with Crippen LogP contribution >= 0.6 is 11.6 Å². The molecular weight excluding hydrogens is 291 g/mol. The minimum absolute atomic E-state index is 0.0500. The Balaban J connectivity index is 2.45. The van der Waals surface area contributed by atoms with Crippen LogP contribution < -0.4 is 11.1 Å².